The fourth-order valence-electron chi connectivity index (χ4n) is 4.08. The van der Waals surface area contributed by atoms with Gasteiger partial charge in [-0.2, -0.15) is 0 Å². The third-order valence-electron chi connectivity index (χ3n) is 5.77. The molecule has 0 spiro atoms. The van der Waals surface area contributed by atoms with E-state index in [2.05, 4.69) is 19.1 Å². The van der Waals surface area contributed by atoms with Gasteiger partial charge in [-0.3, -0.25) is 0 Å². The number of allylic oxidation sites excluding steroid dienone is 2. The molecule has 0 amide bonds. The minimum absolute atomic E-state index is 0.119. The number of hydrogen-bond donors (Lipinski definition) is 2. The maximum atomic E-state index is 10.4. The maximum Gasteiger partial charge on any atom is 0.119 e. The molecule has 0 aliphatic heterocycles. The molecule has 0 radical (unpaired) electrons. The summed E-state index contributed by atoms with van der Waals surface area (Å²) in [6, 6.07) is 5.65. The van der Waals surface area contributed by atoms with E-state index in [1.807, 2.05) is 25.1 Å². The molecular formula is C22H29ClO3. The first-order valence-electron chi connectivity index (χ1n) is 9.56. The van der Waals surface area contributed by atoms with Gasteiger partial charge in [0.1, 0.15) is 5.75 Å². The molecule has 0 saturated heterocycles. The summed E-state index contributed by atoms with van der Waals surface area (Å²) in [5.74, 6) is 1.30. The zero-order valence-corrected chi connectivity index (χ0v) is 16.4. The van der Waals surface area contributed by atoms with Crippen LogP contribution >= 0.6 is 11.6 Å². The van der Waals surface area contributed by atoms with Crippen LogP contribution in [0.1, 0.15) is 44.6 Å². The van der Waals surface area contributed by atoms with Gasteiger partial charge in [-0.05, 0) is 81.2 Å². The van der Waals surface area contributed by atoms with Crippen LogP contribution in [0.15, 0.2) is 41.5 Å². The van der Waals surface area contributed by atoms with Crippen LogP contribution in [0, 0.1) is 18.8 Å². The lowest BCUT2D eigenvalue weighted by molar-refractivity contribution is 0.0745. The van der Waals surface area contributed by atoms with Crippen LogP contribution in [-0.2, 0) is 0 Å². The Kier molecular flexibility index (Phi) is 6.44. The van der Waals surface area contributed by atoms with Crippen LogP contribution in [0.4, 0.5) is 0 Å². The molecule has 1 fully saturated rings. The van der Waals surface area contributed by atoms with E-state index in [0.717, 1.165) is 54.0 Å². The lowest BCUT2D eigenvalue weighted by Crippen LogP contribution is -2.26. The summed E-state index contributed by atoms with van der Waals surface area (Å²) in [7, 11) is 0. The molecule has 3 rings (SSSR count). The lowest BCUT2D eigenvalue weighted by Gasteiger charge is -2.23. The summed E-state index contributed by atoms with van der Waals surface area (Å²) in [5, 5.41) is 21.5. The molecule has 0 aromatic heterocycles. The minimum atomic E-state index is -0.398. The summed E-state index contributed by atoms with van der Waals surface area (Å²) >= 11 is 6.06. The van der Waals surface area contributed by atoms with Crippen LogP contribution in [0.5, 0.6) is 5.75 Å². The molecule has 2 unspecified atom stereocenters. The van der Waals surface area contributed by atoms with Crippen molar-refractivity contribution < 1.29 is 14.9 Å². The molecular weight excluding hydrogens is 348 g/mol. The van der Waals surface area contributed by atoms with Gasteiger partial charge in [-0.15, -0.1) is 0 Å². The van der Waals surface area contributed by atoms with Gasteiger partial charge in [0.25, 0.3) is 0 Å². The molecule has 0 heterocycles. The van der Waals surface area contributed by atoms with Gasteiger partial charge in [-0.1, -0.05) is 29.3 Å². The Bertz CT molecular complexity index is 695. The number of aliphatic hydroxyl groups excluding tert-OH is 2. The molecule has 2 N–H and O–H groups in total. The van der Waals surface area contributed by atoms with Gasteiger partial charge < -0.3 is 14.9 Å². The SMILES string of the molecule is CC1=CC(C(O)CC[C@H]2CC[C@@H](O)C2COc2ccc(Cl)c(C)c2)=CC1. The quantitative estimate of drug-likeness (QED) is 0.716. The molecule has 4 atom stereocenters. The predicted octanol–water partition coefficient (Wildman–Crippen LogP) is 4.83. The van der Waals surface area contributed by atoms with Crippen molar-refractivity contribution in [3.05, 3.63) is 52.1 Å². The van der Waals surface area contributed by atoms with Gasteiger partial charge in [0.2, 0.25) is 0 Å². The standard InChI is InChI=1S/C22H29ClO3/c1-14-3-4-17(11-14)21(24)9-5-16-6-10-22(25)19(16)13-26-18-7-8-20(23)15(2)12-18/h4,7-8,11-12,16,19,21-22,24-25H,3,5-6,9-10,13H2,1-2H3/t16-,19?,21?,22+/m0/s1. The number of halogens is 1. The molecule has 1 aromatic rings. The molecule has 142 valence electrons. The first-order chi connectivity index (χ1) is 12.4. The summed E-state index contributed by atoms with van der Waals surface area (Å²) in [5.41, 5.74) is 3.34. The molecule has 1 aromatic carbocycles. The van der Waals surface area contributed by atoms with Crippen molar-refractivity contribution in [1.82, 2.24) is 0 Å². The average molecular weight is 377 g/mol. The molecule has 2 aliphatic carbocycles. The van der Waals surface area contributed by atoms with E-state index in [4.69, 9.17) is 16.3 Å². The first-order valence-corrected chi connectivity index (χ1v) is 9.94. The largest absolute Gasteiger partial charge is 0.493 e. The van der Waals surface area contributed by atoms with Crippen molar-refractivity contribution in [2.75, 3.05) is 6.61 Å². The summed E-state index contributed by atoms with van der Waals surface area (Å²) in [4.78, 5) is 0. The fraction of sp³-hybridized carbons (Fsp3) is 0.545. The zero-order valence-electron chi connectivity index (χ0n) is 15.6. The Balaban J connectivity index is 1.53. The number of rotatable bonds is 7. The van der Waals surface area contributed by atoms with Crippen molar-refractivity contribution in [1.29, 1.82) is 0 Å². The fourth-order valence-corrected chi connectivity index (χ4v) is 4.20. The van der Waals surface area contributed by atoms with E-state index in [1.54, 1.807) is 0 Å². The monoisotopic (exact) mass is 376 g/mol. The highest BCUT2D eigenvalue weighted by molar-refractivity contribution is 6.31. The minimum Gasteiger partial charge on any atom is -0.493 e. The van der Waals surface area contributed by atoms with E-state index in [0.29, 0.717) is 12.5 Å². The van der Waals surface area contributed by atoms with Gasteiger partial charge >= 0.3 is 0 Å². The predicted molar refractivity (Wildman–Crippen MR) is 106 cm³/mol. The molecule has 4 heteroatoms. The highest BCUT2D eigenvalue weighted by atomic mass is 35.5. The third-order valence-corrected chi connectivity index (χ3v) is 6.20. The molecule has 2 aliphatic rings. The second-order valence-corrected chi connectivity index (χ2v) is 8.19. The van der Waals surface area contributed by atoms with Crippen molar-refractivity contribution >= 4 is 11.6 Å². The molecule has 1 saturated carbocycles. The van der Waals surface area contributed by atoms with Crippen molar-refractivity contribution in [3.8, 4) is 5.75 Å². The Morgan fingerprint density at radius 1 is 1.27 bits per heavy atom. The second kappa shape index (κ2) is 8.60. The molecule has 3 nitrogen and oxygen atoms in total. The first kappa shape index (κ1) is 19.5. The van der Waals surface area contributed by atoms with Gasteiger partial charge in [-0.25, -0.2) is 0 Å². The van der Waals surface area contributed by atoms with E-state index < -0.39 is 6.10 Å². The molecule has 26 heavy (non-hydrogen) atoms. The highest BCUT2D eigenvalue weighted by Crippen LogP contribution is 2.37. The lowest BCUT2D eigenvalue weighted by atomic mass is 9.89. The van der Waals surface area contributed by atoms with Crippen LogP contribution in [0.25, 0.3) is 0 Å². The van der Waals surface area contributed by atoms with Crippen molar-refractivity contribution in [3.63, 3.8) is 0 Å². The topological polar surface area (TPSA) is 49.7 Å². The molecule has 0 bridgehead atoms. The number of aliphatic hydroxyl groups is 2. The van der Waals surface area contributed by atoms with E-state index in [-0.39, 0.29) is 12.0 Å². The van der Waals surface area contributed by atoms with Crippen molar-refractivity contribution in [2.24, 2.45) is 11.8 Å². The van der Waals surface area contributed by atoms with Gasteiger partial charge in [0.15, 0.2) is 0 Å². The zero-order chi connectivity index (χ0) is 18.7. The smallest absolute Gasteiger partial charge is 0.119 e. The van der Waals surface area contributed by atoms with Crippen LogP contribution in [0.2, 0.25) is 5.02 Å². The number of aryl methyl sites for hydroxylation is 1. The third kappa shape index (κ3) is 4.70. The van der Waals surface area contributed by atoms with E-state index in [9.17, 15) is 10.2 Å². The summed E-state index contributed by atoms with van der Waals surface area (Å²) in [6.07, 6.45) is 7.91. The number of benzene rings is 1. The van der Waals surface area contributed by atoms with Crippen LogP contribution in [0.3, 0.4) is 0 Å². The van der Waals surface area contributed by atoms with E-state index in [1.165, 1.54) is 5.57 Å². The maximum absolute atomic E-state index is 10.4. The number of hydrogen-bond acceptors (Lipinski definition) is 3. The second-order valence-electron chi connectivity index (χ2n) is 7.78. The summed E-state index contributed by atoms with van der Waals surface area (Å²) < 4.78 is 5.95. The van der Waals surface area contributed by atoms with Crippen LogP contribution in [-0.4, -0.2) is 29.0 Å². The normalized spacial score (nSPS) is 26.6. The van der Waals surface area contributed by atoms with E-state index >= 15 is 0 Å². The number of ether oxygens (including phenoxy) is 1. The Morgan fingerprint density at radius 2 is 2.08 bits per heavy atom. The highest BCUT2D eigenvalue weighted by Gasteiger charge is 2.35. The Hall–Kier alpha value is -1.29. The Morgan fingerprint density at radius 3 is 2.77 bits per heavy atom. The van der Waals surface area contributed by atoms with Crippen molar-refractivity contribution in [2.45, 2.75) is 58.2 Å². The van der Waals surface area contributed by atoms with Crippen LogP contribution < -0.4 is 4.74 Å². The Labute approximate surface area is 161 Å². The van der Waals surface area contributed by atoms with Gasteiger partial charge in [0, 0.05) is 10.9 Å². The average Bonchev–Trinajstić information content (AvgIpc) is 3.20. The summed E-state index contributed by atoms with van der Waals surface area (Å²) in [6.45, 7) is 4.55. The van der Waals surface area contributed by atoms with Gasteiger partial charge in [0.05, 0.1) is 18.8 Å².